The Kier molecular flexibility index (Phi) is 4.63. The molecule has 1 atom stereocenters. The van der Waals surface area contributed by atoms with Crippen LogP contribution in [0.1, 0.15) is 67.8 Å². The number of carbonyl (C=O) groups excluding carboxylic acids is 1. The molecule has 0 spiro atoms. The number of hydrogen-bond donors (Lipinski definition) is 0. The van der Waals surface area contributed by atoms with E-state index in [2.05, 4.69) is 10.1 Å². The first kappa shape index (κ1) is 17.4. The predicted molar refractivity (Wildman–Crippen MR) is 92.0 cm³/mol. The van der Waals surface area contributed by atoms with Crippen LogP contribution in [0.15, 0.2) is 10.6 Å². The fourth-order valence-corrected chi connectivity index (χ4v) is 4.38. The van der Waals surface area contributed by atoms with E-state index in [9.17, 15) is 13.6 Å². The van der Waals surface area contributed by atoms with Gasteiger partial charge in [-0.2, -0.15) is 0 Å². The van der Waals surface area contributed by atoms with Crippen molar-refractivity contribution in [3.63, 3.8) is 0 Å². The van der Waals surface area contributed by atoms with Gasteiger partial charge in [0.2, 0.25) is 5.91 Å². The number of piperidine rings is 1. The molecule has 2 aromatic rings. The number of nitrogens with zero attached hydrogens (tertiary/aromatic N) is 3. The van der Waals surface area contributed by atoms with Gasteiger partial charge in [0, 0.05) is 36.2 Å². The number of aryl methyl sites for hydroxylation is 1. The first-order valence-electron chi connectivity index (χ1n) is 9.38. The molecular weight excluding hydrogens is 340 g/mol. The highest BCUT2D eigenvalue weighted by atomic mass is 19.3. The molecule has 0 N–H and O–H groups in total. The number of rotatable bonds is 3. The van der Waals surface area contributed by atoms with Crippen molar-refractivity contribution in [3.8, 4) is 0 Å². The number of halogens is 2. The molecule has 2 fully saturated rings. The second-order valence-corrected chi connectivity index (χ2v) is 7.49. The number of amides is 1. The van der Waals surface area contributed by atoms with Crippen molar-refractivity contribution in [2.24, 2.45) is 5.92 Å². The van der Waals surface area contributed by atoms with E-state index in [1.54, 1.807) is 6.92 Å². The molecule has 1 saturated carbocycles. The molecule has 1 unspecified atom stereocenters. The van der Waals surface area contributed by atoms with E-state index < -0.39 is 6.43 Å². The molecule has 3 heterocycles. The largest absolute Gasteiger partial charge is 0.342 e. The van der Waals surface area contributed by atoms with Crippen LogP contribution in [0.5, 0.6) is 0 Å². The molecule has 1 saturated heterocycles. The fraction of sp³-hybridized carbons (Fsp3) is 0.632. The van der Waals surface area contributed by atoms with Crippen LogP contribution >= 0.6 is 0 Å². The summed E-state index contributed by atoms with van der Waals surface area (Å²) in [5.74, 6) is 0.317. The Hall–Kier alpha value is -2.05. The lowest BCUT2D eigenvalue weighted by molar-refractivity contribution is -0.136. The molecule has 5 nitrogen and oxygen atoms in total. The van der Waals surface area contributed by atoms with Crippen molar-refractivity contribution in [1.29, 1.82) is 0 Å². The van der Waals surface area contributed by atoms with E-state index in [1.165, 1.54) is 6.07 Å². The minimum absolute atomic E-state index is 0.0404. The van der Waals surface area contributed by atoms with E-state index in [1.807, 2.05) is 4.90 Å². The van der Waals surface area contributed by atoms with Gasteiger partial charge in [0.25, 0.3) is 12.1 Å². The normalized spacial score (nSPS) is 21.8. The number of fused-ring (bicyclic) bond motifs is 1. The maximum absolute atomic E-state index is 13.5. The summed E-state index contributed by atoms with van der Waals surface area (Å²) in [6.45, 7) is 2.93. The Morgan fingerprint density at radius 2 is 2.04 bits per heavy atom. The predicted octanol–water partition coefficient (Wildman–Crippen LogP) is 4.37. The van der Waals surface area contributed by atoms with Crippen molar-refractivity contribution in [3.05, 3.63) is 23.0 Å². The molecule has 0 bridgehead atoms. The summed E-state index contributed by atoms with van der Waals surface area (Å²) >= 11 is 0. The number of likely N-dealkylation sites (tertiary alicyclic amines) is 1. The van der Waals surface area contributed by atoms with Crippen LogP contribution in [-0.4, -0.2) is 34.0 Å². The third kappa shape index (κ3) is 3.08. The average Bonchev–Trinajstić information content (AvgIpc) is 3.31. The van der Waals surface area contributed by atoms with Crippen molar-refractivity contribution in [2.75, 3.05) is 13.1 Å². The second kappa shape index (κ2) is 6.93. The Labute approximate surface area is 150 Å². The number of aromatic nitrogens is 2. The molecule has 2 aromatic heterocycles. The SMILES string of the molecule is Cc1noc2nc(C3CCCN(C(=O)C4CCCC4)C3)cc(C(F)F)c12. The highest BCUT2D eigenvalue weighted by molar-refractivity contribution is 5.81. The molecule has 0 radical (unpaired) electrons. The summed E-state index contributed by atoms with van der Waals surface area (Å²) in [6, 6.07) is 1.48. The highest BCUT2D eigenvalue weighted by Crippen LogP contribution is 2.35. The van der Waals surface area contributed by atoms with E-state index in [0.29, 0.717) is 23.3 Å². The van der Waals surface area contributed by atoms with Gasteiger partial charge in [-0.1, -0.05) is 18.0 Å². The number of pyridine rings is 1. The quantitative estimate of drug-likeness (QED) is 0.813. The molecule has 26 heavy (non-hydrogen) atoms. The number of alkyl halides is 2. The lowest BCUT2D eigenvalue weighted by atomic mass is 9.92. The van der Waals surface area contributed by atoms with Gasteiger partial charge in [-0.15, -0.1) is 0 Å². The summed E-state index contributed by atoms with van der Waals surface area (Å²) in [6.07, 6.45) is 3.26. The lowest BCUT2D eigenvalue weighted by Gasteiger charge is -2.34. The molecule has 2 aliphatic rings. The molecule has 1 amide bonds. The van der Waals surface area contributed by atoms with Gasteiger partial charge in [-0.3, -0.25) is 4.79 Å². The van der Waals surface area contributed by atoms with Crippen LogP contribution in [0.25, 0.3) is 11.1 Å². The van der Waals surface area contributed by atoms with Crippen molar-refractivity contribution in [1.82, 2.24) is 15.0 Å². The van der Waals surface area contributed by atoms with Crippen LogP contribution in [0.4, 0.5) is 8.78 Å². The topological polar surface area (TPSA) is 59.2 Å². The summed E-state index contributed by atoms with van der Waals surface area (Å²) in [4.78, 5) is 19.1. The van der Waals surface area contributed by atoms with Crippen molar-refractivity contribution < 1.29 is 18.1 Å². The standard InChI is InChI=1S/C19H23F2N3O2/c1-11-16-14(17(20)21)9-15(22-18(16)26-23-11)13-7-4-8-24(10-13)19(25)12-5-2-3-6-12/h9,12-13,17H,2-8,10H2,1H3. The zero-order chi connectivity index (χ0) is 18.3. The number of hydrogen-bond acceptors (Lipinski definition) is 4. The van der Waals surface area contributed by atoms with Gasteiger partial charge in [-0.25, -0.2) is 13.8 Å². The minimum Gasteiger partial charge on any atom is -0.342 e. The third-order valence-electron chi connectivity index (χ3n) is 5.76. The molecule has 0 aromatic carbocycles. The van der Waals surface area contributed by atoms with E-state index in [4.69, 9.17) is 4.52 Å². The monoisotopic (exact) mass is 363 g/mol. The summed E-state index contributed by atoms with van der Waals surface area (Å²) in [5.41, 5.74) is 1.08. The van der Waals surface area contributed by atoms with Crippen LogP contribution in [-0.2, 0) is 4.79 Å². The molecular formula is C19H23F2N3O2. The van der Waals surface area contributed by atoms with Gasteiger partial charge < -0.3 is 9.42 Å². The van der Waals surface area contributed by atoms with Crippen molar-refractivity contribution in [2.45, 2.75) is 57.8 Å². The highest BCUT2D eigenvalue weighted by Gasteiger charge is 2.32. The maximum Gasteiger partial charge on any atom is 0.264 e. The minimum atomic E-state index is -2.61. The molecule has 140 valence electrons. The first-order chi connectivity index (χ1) is 12.5. The summed E-state index contributed by atoms with van der Waals surface area (Å²) in [7, 11) is 0. The third-order valence-corrected chi connectivity index (χ3v) is 5.76. The van der Waals surface area contributed by atoms with Crippen LogP contribution in [0, 0.1) is 12.8 Å². The molecule has 4 rings (SSSR count). The molecule has 7 heteroatoms. The van der Waals surface area contributed by atoms with Gasteiger partial charge in [-0.05, 0) is 38.7 Å². The van der Waals surface area contributed by atoms with Crippen LogP contribution in [0.3, 0.4) is 0 Å². The smallest absolute Gasteiger partial charge is 0.264 e. The maximum atomic E-state index is 13.5. The van der Waals surface area contributed by atoms with Gasteiger partial charge >= 0.3 is 0 Å². The van der Waals surface area contributed by atoms with E-state index in [0.717, 1.165) is 45.1 Å². The van der Waals surface area contributed by atoms with Gasteiger partial charge in [0.15, 0.2) is 0 Å². The number of carbonyl (C=O) groups is 1. The molecule has 1 aliphatic carbocycles. The van der Waals surface area contributed by atoms with E-state index >= 15 is 0 Å². The molecule has 1 aliphatic heterocycles. The first-order valence-corrected chi connectivity index (χ1v) is 9.38. The Balaban J connectivity index is 1.61. The van der Waals surface area contributed by atoms with Gasteiger partial charge in [0.05, 0.1) is 11.1 Å². The zero-order valence-corrected chi connectivity index (χ0v) is 14.9. The van der Waals surface area contributed by atoms with Crippen molar-refractivity contribution >= 4 is 17.0 Å². The Morgan fingerprint density at radius 1 is 1.27 bits per heavy atom. The summed E-state index contributed by atoms with van der Waals surface area (Å²) < 4.78 is 32.3. The fourth-order valence-electron chi connectivity index (χ4n) is 4.38. The Morgan fingerprint density at radius 3 is 2.77 bits per heavy atom. The second-order valence-electron chi connectivity index (χ2n) is 7.49. The van der Waals surface area contributed by atoms with Crippen LogP contribution in [0.2, 0.25) is 0 Å². The van der Waals surface area contributed by atoms with Crippen LogP contribution < -0.4 is 0 Å². The average molecular weight is 363 g/mol. The zero-order valence-electron chi connectivity index (χ0n) is 14.9. The lowest BCUT2D eigenvalue weighted by Crippen LogP contribution is -2.42. The van der Waals surface area contributed by atoms with E-state index in [-0.39, 0.29) is 29.0 Å². The van der Waals surface area contributed by atoms with Gasteiger partial charge in [0.1, 0.15) is 0 Å². The summed E-state index contributed by atoms with van der Waals surface area (Å²) in [5, 5.41) is 4.09. The Bertz CT molecular complexity index is 814.